The smallest absolute Gasteiger partial charge is 0.338 e. The maximum atomic E-state index is 12.7. The molecule has 0 fully saturated rings. The highest BCUT2D eigenvalue weighted by Crippen LogP contribution is 2.31. The SMILES string of the molecule is COC(=O)c1ccc(Oc2ccccc2NC(=O)c2cccc(OC)c2)cc1C(=O)OC. The average Bonchev–Trinajstić information content (AvgIpc) is 2.84. The first kappa shape index (κ1) is 22.4. The largest absolute Gasteiger partial charge is 0.497 e. The third kappa shape index (κ3) is 5.04. The lowest BCUT2D eigenvalue weighted by Gasteiger charge is -2.14. The fraction of sp³-hybridized carbons (Fsp3) is 0.125. The van der Waals surface area contributed by atoms with Gasteiger partial charge in [-0.2, -0.15) is 0 Å². The number of carbonyl (C=O) groups excluding carboxylic acids is 3. The van der Waals surface area contributed by atoms with Crippen molar-refractivity contribution in [2.75, 3.05) is 26.6 Å². The van der Waals surface area contributed by atoms with E-state index in [-0.39, 0.29) is 22.8 Å². The molecule has 32 heavy (non-hydrogen) atoms. The summed E-state index contributed by atoms with van der Waals surface area (Å²) in [6.07, 6.45) is 0. The standard InChI is InChI=1S/C24H21NO7/c1-29-16-8-6-7-15(13-16)22(26)25-20-9-4-5-10-21(20)32-17-11-12-18(23(27)30-2)19(14-17)24(28)31-3/h4-14H,1-3H3,(H,25,26). The van der Waals surface area contributed by atoms with Crippen LogP contribution < -0.4 is 14.8 Å². The molecule has 8 heteroatoms. The van der Waals surface area contributed by atoms with Gasteiger partial charge in [-0.15, -0.1) is 0 Å². The molecule has 0 bridgehead atoms. The molecular formula is C24H21NO7. The van der Waals surface area contributed by atoms with Gasteiger partial charge in [-0.25, -0.2) is 9.59 Å². The fourth-order valence-corrected chi connectivity index (χ4v) is 2.90. The Hall–Kier alpha value is -4.33. The van der Waals surface area contributed by atoms with Crippen LogP contribution in [-0.2, 0) is 9.47 Å². The first-order valence-corrected chi connectivity index (χ1v) is 9.49. The quantitative estimate of drug-likeness (QED) is 0.552. The predicted molar refractivity (Wildman–Crippen MR) is 117 cm³/mol. The first-order valence-electron chi connectivity index (χ1n) is 9.49. The normalized spacial score (nSPS) is 10.1. The second-order valence-electron chi connectivity index (χ2n) is 6.47. The Morgan fingerprint density at radius 2 is 1.44 bits per heavy atom. The maximum Gasteiger partial charge on any atom is 0.338 e. The van der Waals surface area contributed by atoms with E-state index in [9.17, 15) is 14.4 Å². The number of anilines is 1. The maximum absolute atomic E-state index is 12.7. The molecule has 1 amide bonds. The molecule has 0 aromatic heterocycles. The second kappa shape index (κ2) is 10.1. The van der Waals surface area contributed by atoms with Gasteiger partial charge in [0.1, 0.15) is 11.5 Å². The zero-order valence-electron chi connectivity index (χ0n) is 17.7. The van der Waals surface area contributed by atoms with Crippen LogP contribution in [0.3, 0.4) is 0 Å². The topological polar surface area (TPSA) is 100 Å². The molecule has 0 spiro atoms. The summed E-state index contributed by atoms with van der Waals surface area (Å²) in [5.41, 5.74) is 0.868. The summed E-state index contributed by atoms with van der Waals surface area (Å²) < 4.78 is 20.5. The van der Waals surface area contributed by atoms with Crippen molar-refractivity contribution in [1.29, 1.82) is 0 Å². The van der Waals surface area contributed by atoms with Gasteiger partial charge in [-0.1, -0.05) is 18.2 Å². The van der Waals surface area contributed by atoms with Gasteiger partial charge in [0.05, 0.1) is 38.1 Å². The Balaban J connectivity index is 1.88. The first-order chi connectivity index (χ1) is 15.5. The summed E-state index contributed by atoms with van der Waals surface area (Å²) in [5.74, 6) is -0.579. The molecule has 0 atom stereocenters. The highest BCUT2D eigenvalue weighted by Gasteiger charge is 2.20. The van der Waals surface area contributed by atoms with E-state index in [4.69, 9.17) is 18.9 Å². The molecule has 0 aliphatic carbocycles. The van der Waals surface area contributed by atoms with Gasteiger partial charge in [-0.3, -0.25) is 4.79 Å². The van der Waals surface area contributed by atoms with Crippen LogP contribution in [0.15, 0.2) is 66.7 Å². The Kier molecular flexibility index (Phi) is 7.07. The van der Waals surface area contributed by atoms with Gasteiger partial charge >= 0.3 is 11.9 Å². The monoisotopic (exact) mass is 435 g/mol. The number of rotatable bonds is 7. The van der Waals surface area contributed by atoms with Crippen LogP contribution in [0.1, 0.15) is 31.1 Å². The summed E-state index contributed by atoms with van der Waals surface area (Å²) in [4.78, 5) is 36.8. The van der Waals surface area contributed by atoms with Crippen molar-refractivity contribution in [2.45, 2.75) is 0 Å². The zero-order chi connectivity index (χ0) is 23.1. The van der Waals surface area contributed by atoms with Crippen molar-refractivity contribution >= 4 is 23.5 Å². The van der Waals surface area contributed by atoms with Crippen molar-refractivity contribution in [2.24, 2.45) is 0 Å². The van der Waals surface area contributed by atoms with E-state index in [0.717, 1.165) is 0 Å². The van der Waals surface area contributed by atoms with Crippen LogP contribution >= 0.6 is 0 Å². The van der Waals surface area contributed by atoms with Crippen LogP contribution in [-0.4, -0.2) is 39.2 Å². The molecule has 3 aromatic rings. The minimum Gasteiger partial charge on any atom is -0.497 e. The number of benzene rings is 3. The van der Waals surface area contributed by atoms with Gasteiger partial charge in [0.15, 0.2) is 5.75 Å². The van der Waals surface area contributed by atoms with E-state index in [1.807, 2.05) is 0 Å². The Morgan fingerprint density at radius 3 is 2.16 bits per heavy atom. The van der Waals surface area contributed by atoms with E-state index >= 15 is 0 Å². The van der Waals surface area contributed by atoms with E-state index in [1.165, 1.54) is 39.5 Å². The minimum absolute atomic E-state index is 0.00486. The Labute approximate surface area is 184 Å². The molecule has 1 N–H and O–H groups in total. The van der Waals surface area contributed by atoms with Crippen molar-refractivity contribution < 1.29 is 33.3 Å². The van der Waals surface area contributed by atoms with Gasteiger partial charge in [-0.05, 0) is 48.5 Å². The molecule has 0 aliphatic rings. The lowest BCUT2D eigenvalue weighted by molar-refractivity contribution is 0.0555. The van der Waals surface area contributed by atoms with Crippen LogP contribution in [0.4, 0.5) is 5.69 Å². The van der Waals surface area contributed by atoms with Gasteiger partial charge in [0.25, 0.3) is 5.91 Å². The molecule has 0 saturated carbocycles. The number of methoxy groups -OCH3 is 3. The van der Waals surface area contributed by atoms with Crippen molar-refractivity contribution in [3.05, 3.63) is 83.4 Å². The number of nitrogens with one attached hydrogen (secondary N) is 1. The molecule has 0 aliphatic heterocycles. The van der Waals surface area contributed by atoms with Crippen LogP contribution in [0, 0.1) is 0 Å². The van der Waals surface area contributed by atoms with E-state index < -0.39 is 11.9 Å². The molecule has 0 unspecified atom stereocenters. The highest BCUT2D eigenvalue weighted by molar-refractivity contribution is 6.05. The number of para-hydroxylation sites is 2. The molecule has 3 rings (SSSR count). The number of ether oxygens (including phenoxy) is 4. The zero-order valence-corrected chi connectivity index (χ0v) is 17.7. The second-order valence-corrected chi connectivity index (χ2v) is 6.47. The summed E-state index contributed by atoms with van der Waals surface area (Å²) in [6, 6.07) is 17.9. The Morgan fingerprint density at radius 1 is 0.719 bits per heavy atom. The number of amides is 1. The van der Waals surface area contributed by atoms with Crippen LogP contribution in [0.25, 0.3) is 0 Å². The number of esters is 2. The average molecular weight is 435 g/mol. The van der Waals surface area contributed by atoms with Crippen molar-refractivity contribution in [1.82, 2.24) is 0 Å². The van der Waals surface area contributed by atoms with Gasteiger partial charge < -0.3 is 24.3 Å². The lowest BCUT2D eigenvalue weighted by Crippen LogP contribution is -2.13. The lowest BCUT2D eigenvalue weighted by atomic mass is 10.1. The summed E-state index contributed by atoms with van der Waals surface area (Å²) in [6.45, 7) is 0. The molecule has 3 aromatic carbocycles. The van der Waals surface area contributed by atoms with E-state index in [0.29, 0.717) is 22.7 Å². The number of hydrogen-bond acceptors (Lipinski definition) is 7. The molecule has 0 saturated heterocycles. The number of carbonyl (C=O) groups is 3. The Bertz CT molecular complexity index is 1160. The highest BCUT2D eigenvalue weighted by atomic mass is 16.5. The summed E-state index contributed by atoms with van der Waals surface area (Å²) in [7, 11) is 3.95. The van der Waals surface area contributed by atoms with E-state index in [2.05, 4.69) is 5.32 Å². The van der Waals surface area contributed by atoms with E-state index in [1.54, 1.807) is 48.5 Å². The van der Waals surface area contributed by atoms with Gasteiger partial charge in [0, 0.05) is 5.56 Å². The molecule has 8 nitrogen and oxygen atoms in total. The minimum atomic E-state index is -0.713. The summed E-state index contributed by atoms with van der Waals surface area (Å²) in [5, 5.41) is 2.80. The van der Waals surface area contributed by atoms with Crippen molar-refractivity contribution in [3.63, 3.8) is 0 Å². The third-order valence-electron chi connectivity index (χ3n) is 4.50. The van der Waals surface area contributed by atoms with Crippen molar-refractivity contribution in [3.8, 4) is 17.2 Å². The molecule has 0 radical (unpaired) electrons. The molecule has 164 valence electrons. The molecule has 0 heterocycles. The number of hydrogen-bond donors (Lipinski definition) is 1. The van der Waals surface area contributed by atoms with Gasteiger partial charge in [0.2, 0.25) is 0 Å². The molecular weight excluding hydrogens is 414 g/mol. The third-order valence-corrected chi connectivity index (χ3v) is 4.50. The van der Waals surface area contributed by atoms with Crippen LogP contribution in [0.2, 0.25) is 0 Å². The van der Waals surface area contributed by atoms with Crippen LogP contribution in [0.5, 0.6) is 17.2 Å². The predicted octanol–water partition coefficient (Wildman–Crippen LogP) is 4.31. The summed E-state index contributed by atoms with van der Waals surface area (Å²) >= 11 is 0. The fourth-order valence-electron chi connectivity index (χ4n) is 2.90.